The Kier molecular flexibility index (Phi) is 2.60. The van der Waals surface area contributed by atoms with Crippen molar-refractivity contribution in [2.45, 2.75) is 17.7 Å². The van der Waals surface area contributed by atoms with Crippen molar-refractivity contribution in [1.29, 1.82) is 0 Å². The van der Waals surface area contributed by atoms with Crippen molar-refractivity contribution in [3.63, 3.8) is 0 Å². The number of sulfone groups is 1. The van der Waals surface area contributed by atoms with Gasteiger partial charge < -0.3 is 10.1 Å². The van der Waals surface area contributed by atoms with Crippen molar-refractivity contribution >= 4 is 21.5 Å². The molecule has 0 atom stereocenters. The molecule has 0 unspecified atom stereocenters. The monoisotopic (exact) mass is 281 g/mol. The summed E-state index contributed by atoms with van der Waals surface area (Å²) in [6, 6.07) is 4.86. The second-order valence-corrected chi connectivity index (χ2v) is 7.21. The number of esters is 1. The molecule has 0 aromatic heterocycles. The maximum atomic E-state index is 12.5. The number of anilines is 1. The van der Waals surface area contributed by atoms with Crippen LogP contribution >= 0.6 is 0 Å². The standard InChI is InChI=1S/C13H15NO4S/c1-18-12(15)9-3-2-4-10-11(9)19(16,17)8-13(5-6-13)7-14-10/h2-4,14H,5-8H2,1H3. The molecule has 1 aliphatic heterocycles. The minimum atomic E-state index is -3.47. The van der Waals surface area contributed by atoms with E-state index in [1.54, 1.807) is 12.1 Å². The second kappa shape index (κ2) is 3.96. The van der Waals surface area contributed by atoms with Gasteiger partial charge in [0.25, 0.3) is 0 Å². The highest BCUT2D eigenvalue weighted by molar-refractivity contribution is 7.91. The summed E-state index contributed by atoms with van der Waals surface area (Å²) in [5.74, 6) is -0.512. The Balaban J connectivity index is 2.18. The molecule has 0 saturated heterocycles. The first-order valence-corrected chi connectivity index (χ1v) is 7.81. The Bertz CT molecular complexity index is 647. The number of fused-ring (bicyclic) bond motifs is 1. The Morgan fingerprint density at radius 2 is 2.11 bits per heavy atom. The zero-order valence-corrected chi connectivity index (χ0v) is 11.4. The molecule has 1 N–H and O–H groups in total. The van der Waals surface area contributed by atoms with Crippen LogP contribution < -0.4 is 5.32 Å². The molecular weight excluding hydrogens is 266 g/mol. The molecule has 2 aliphatic rings. The number of ether oxygens (including phenoxy) is 1. The highest BCUT2D eigenvalue weighted by atomic mass is 32.2. The smallest absolute Gasteiger partial charge is 0.339 e. The Morgan fingerprint density at radius 3 is 2.74 bits per heavy atom. The number of carbonyl (C=O) groups excluding carboxylic acids is 1. The number of benzene rings is 1. The normalized spacial score (nSPS) is 21.9. The Labute approximate surface area is 111 Å². The molecule has 0 amide bonds. The van der Waals surface area contributed by atoms with Crippen LogP contribution in [-0.2, 0) is 14.6 Å². The molecule has 1 fully saturated rings. The molecule has 5 nitrogen and oxygen atoms in total. The molecule has 6 heteroatoms. The number of hydrogen-bond acceptors (Lipinski definition) is 5. The van der Waals surface area contributed by atoms with Gasteiger partial charge in [-0.05, 0) is 25.0 Å². The van der Waals surface area contributed by atoms with E-state index in [9.17, 15) is 13.2 Å². The topological polar surface area (TPSA) is 72.5 Å². The molecule has 1 saturated carbocycles. The molecule has 1 aliphatic carbocycles. The fraction of sp³-hybridized carbons (Fsp3) is 0.462. The molecule has 1 heterocycles. The minimum Gasteiger partial charge on any atom is -0.465 e. The van der Waals surface area contributed by atoms with Gasteiger partial charge in [0.15, 0.2) is 9.84 Å². The van der Waals surface area contributed by atoms with E-state index in [1.807, 2.05) is 0 Å². The quantitative estimate of drug-likeness (QED) is 0.789. The lowest BCUT2D eigenvalue weighted by atomic mass is 10.1. The average molecular weight is 281 g/mol. The van der Waals surface area contributed by atoms with Crippen LogP contribution in [0.3, 0.4) is 0 Å². The van der Waals surface area contributed by atoms with Crippen LogP contribution in [-0.4, -0.2) is 33.8 Å². The first kappa shape index (κ1) is 12.5. The van der Waals surface area contributed by atoms with Crippen LogP contribution in [0.5, 0.6) is 0 Å². The van der Waals surface area contributed by atoms with E-state index in [-0.39, 0.29) is 21.6 Å². The number of hydrogen-bond donors (Lipinski definition) is 1. The van der Waals surface area contributed by atoms with E-state index in [0.29, 0.717) is 12.2 Å². The number of nitrogens with one attached hydrogen (secondary N) is 1. The molecule has 1 spiro atoms. The van der Waals surface area contributed by atoms with Gasteiger partial charge in [-0.2, -0.15) is 0 Å². The summed E-state index contributed by atoms with van der Waals surface area (Å²) < 4.78 is 29.8. The van der Waals surface area contributed by atoms with E-state index in [2.05, 4.69) is 10.1 Å². The zero-order valence-electron chi connectivity index (χ0n) is 10.6. The van der Waals surface area contributed by atoms with Gasteiger partial charge in [-0.25, -0.2) is 13.2 Å². The van der Waals surface area contributed by atoms with Crippen LogP contribution in [0.4, 0.5) is 5.69 Å². The predicted octanol–water partition coefficient (Wildman–Crippen LogP) is 1.45. The summed E-state index contributed by atoms with van der Waals surface area (Å²) in [5, 5.41) is 3.17. The van der Waals surface area contributed by atoms with Gasteiger partial charge in [-0.15, -0.1) is 0 Å². The van der Waals surface area contributed by atoms with Crippen LogP contribution in [0.25, 0.3) is 0 Å². The van der Waals surface area contributed by atoms with E-state index in [0.717, 1.165) is 12.8 Å². The van der Waals surface area contributed by atoms with E-state index in [1.165, 1.54) is 13.2 Å². The summed E-state index contributed by atoms with van der Waals surface area (Å²) in [5.41, 5.74) is 0.475. The largest absolute Gasteiger partial charge is 0.465 e. The number of carbonyl (C=O) groups is 1. The van der Waals surface area contributed by atoms with Crippen LogP contribution in [0.2, 0.25) is 0 Å². The maximum Gasteiger partial charge on any atom is 0.339 e. The van der Waals surface area contributed by atoms with Crippen LogP contribution in [0.1, 0.15) is 23.2 Å². The Hall–Kier alpha value is -1.56. The Morgan fingerprint density at radius 1 is 1.37 bits per heavy atom. The average Bonchev–Trinajstić information content (AvgIpc) is 3.15. The van der Waals surface area contributed by atoms with Gasteiger partial charge in [0, 0.05) is 12.0 Å². The number of methoxy groups -OCH3 is 1. The van der Waals surface area contributed by atoms with Gasteiger partial charge in [0.1, 0.15) is 4.90 Å². The lowest BCUT2D eigenvalue weighted by Gasteiger charge is -2.11. The third-order valence-corrected chi connectivity index (χ3v) is 5.89. The number of rotatable bonds is 1. The van der Waals surface area contributed by atoms with Crippen molar-refractivity contribution in [3.8, 4) is 0 Å². The third-order valence-electron chi connectivity index (χ3n) is 3.84. The first-order valence-electron chi connectivity index (χ1n) is 6.15. The third kappa shape index (κ3) is 2.00. The zero-order chi connectivity index (χ0) is 13.7. The van der Waals surface area contributed by atoms with Gasteiger partial charge in [-0.1, -0.05) is 6.07 Å². The molecule has 19 heavy (non-hydrogen) atoms. The lowest BCUT2D eigenvalue weighted by Crippen LogP contribution is -2.21. The van der Waals surface area contributed by atoms with Gasteiger partial charge in [0.05, 0.1) is 24.1 Å². The second-order valence-electron chi connectivity index (χ2n) is 5.29. The van der Waals surface area contributed by atoms with Crippen molar-refractivity contribution in [2.75, 3.05) is 24.7 Å². The van der Waals surface area contributed by atoms with Crippen LogP contribution in [0.15, 0.2) is 23.1 Å². The molecule has 1 aromatic rings. The molecule has 0 bridgehead atoms. The maximum absolute atomic E-state index is 12.5. The summed E-state index contributed by atoms with van der Waals surface area (Å²) in [6.45, 7) is 0.643. The summed E-state index contributed by atoms with van der Waals surface area (Å²) in [7, 11) is -2.22. The van der Waals surface area contributed by atoms with Crippen molar-refractivity contribution in [2.24, 2.45) is 5.41 Å². The molecule has 3 rings (SSSR count). The molecule has 1 aromatic carbocycles. The molecule has 102 valence electrons. The summed E-state index contributed by atoms with van der Waals surface area (Å²) >= 11 is 0. The summed E-state index contributed by atoms with van der Waals surface area (Å²) in [4.78, 5) is 11.8. The minimum absolute atomic E-state index is 0.0885. The van der Waals surface area contributed by atoms with Gasteiger partial charge in [-0.3, -0.25) is 0 Å². The fourth-order valence-electron chi connectivity index (χ4n) is 2.59. The summed E-state index contributed by atoms with van der Waals surface area (Å²) in [6.07, 6.45) is 1.83. The van der Waals surface area contributed by atoms with Crippen LogP contribution in [0, 0.1) is 5.41 Å². The molecule has 0 radical (unpaired) electrons. The van der Waals surface area contributed by atoms with Gasteiger partial charge in [0.2, 0.25) is 0 Å². The van der Waals surface area contributed by atoms with Gasteiger partial charge >= 0.3 is 5.97 Å². The van der Waals surface area contributed by atoms with Crippen molar-refractivity contribution < 1.29 is 17.9 Å². The van der Waals surface area contributed by atoms with Crippen molar-refractivity contribution in [3.05, 3.63) is 23.8 Å². The predicted molar refractivity (Wildman–Crippen MR) is 70.0 cm³/mol. The lowest BCUT2D eigenvalue weighted by molar-refractivity contribution is 0.0596. The van der Waals surface area contributed by atoms with Crippen molar-refractivity contribution in [1.82, 2.24) is 0 Å². The first-order chi connectivity index (χ1) is 8.97. The van der Waals surface area contributed by atoms with E-state index in [4.69, 9.17) is 0 Å². The molecular formula is C13H15NO4S. The fourth-order valence-corrected chi connectivity index (χ4v) is 4.89. The van der Waals surface area contributed by atoms with E-state index >= 15 is 0 Å². The highest BCUT2D eigenvalue weighted by Crippen LogP contribution is 2.50. The highest BCUT2D eigenvalue weighted by Gasteiger charge is 2.49. The van der Waals surface area contributed by atoms with E-state index < -0.39 is 15.8 Å². The SMILES string of the molecule is COC(=O)c1cccc2c1S(=O)(=O)CC1(CC1)CN2.